The average molecular weight is 765 g/mol. The molecule has 0 spiro atoms. The number of aromatic amines is 2. The maximum atomic E-state index is 13.3. The van der Waals surface area contributed by atoms with E-state index in [4.69, 9.17) is 9.47 Å². The van der Waals surface area contributed by atoms with Gasteiger partial charge in [-0.25, -0.2) is 26.3 Å². The van der Waals surface area contributed by atoms with Gasteiger partial charge in [0.25, 0.3) is 0 Å². The predicted molar refractivity (Wildman–Crippen MR) is 209 cm³/mol. The Morgan fingerprint density at radius 2 is 0.981 bits per heavy atom. The van der Waals surface area contributed by atoms with Crippen LogP contribution in [0, 0.1) is 0 Å². The molecular weight excluding hydrogens is 725 g/mol. The summed E-state index contributed by atoms with van der Waals surface area (Å²) < 4.78 is 69.1. The fraction of sp³-hybridized carbons (Fsp3) is 0.171. The highest BCUT2D eigenvalue weighted by Gasteiger charge is 2.29. The highest BCUT2D eigenvalue weighted by Crippen LogP contribution is 2.40. The third-order valence-electron chi connectivity index (χ3n) is 9.57. The van der Waals surface area contributed by atoms with Gasteiger partial charge in [-0.2, -0.15) is 0 Å². The molecule has 54 heavy (non-hydrogen) atoms. The van der Waals surface area contributed by atoms with Gasteiger partial charge in [0.2, 0.25) is 20.0 Å². The van der Waals surface area contributed by atoms with Gasteiger partial charge in [0.05, 0.1) is 29.9 Å². The van der Waals surface area contributed by atoms with Crippen LogP contribution in [-0.2, 0) is 32.9 Å². The number of hydrogen-bond acceptors (Lipinski definition) is 7. The largest absolute Gasteiger partial charge is 0.508 e. The van der Waals surface area contributed by atoms with Crippen molar-refractivity contribution < 1.29 is 31.4 Å². The van der Waals surface area contributed by atoms with Crippen molar-refractivity contribution in [1.82, 2.24) is 19.4 Å². The van der Waals surface area contributed by atoms with Gasteiger partial charge in [0, 0.05) is 46.3 Å². The number of H-pyrrole nitrogens is 2. The van der Waals surface area contributed by atoms with E-state index < -0.39 is 26.0 Å². The summed E-state index contributed by atoms with van der Waals surface area (Å²) in [6.45, 7) is 0.246. The number of sulfonamides is 2. The molecule has 0 amide bonds. The van der Waals surface area contributed by atoms with Crippen LogP contribution in [0.1, 0.15) is 34.0 Å². The van der Waals surface area contributed by atoms with Gasteiger partial charge in [0.1, 0.15) is 17.2 Å². The van der Waals surface area contributed by atoms with Crippen LogP contribution < -0.4 is 18.9 Å². The number of nitrogens with one attached hydrogen (secondary N) is 4. The molecule has 0 radical (unpaired) electrons. The second kappa shape index (κ2) is 15.4. The van der Waals surface area contributed by atoms with Crippen molar-refractivity contribution in [3.05, 3.63) is 149 Å². The lowest BCUT2D eigenvalue weighted by Crippen LogP contribution is -2.26. The molecule has 2 heterocycles. The standard InChI is InChI=1S/C41H40N4O7S2/c1-51-29-15-19-31(20-16-29)53(47,48)42-25-23-35-33-7-3-5-9-37(33)44-40(35)39(27-11-13-28(46)14-12-27)41-36(34-8-4-6-10-38(34)45-41)24-26-43-54(49,50)32-21-17-30(52-2)18-22-32/h3-22,39,42-46H,23-26H2,1-2H3. The lowest BCUT2D eigenvalue weighted by molar-refractivity contribution is 0.414. The predicted octanol–water partition coefficient (Wildman–Crippen LogP) is 6.59. The fourth-order valence-corrected chi connectivity index (χ4v) is 8.98. The number of aromatic hydroxyl groups is 1. The molecule has 0 saturated heterocycles. The van der Waals surface area contributed by atoms with E-state index in [9.17, 15) is 21.9 Å². The third-order valence-corrected chi connectivity index (χ3v) is 12.5. The van der Waals surface area contributed by atoms with Crippen LogP contribution in [-0.4, -0.2) is 59.2 Å². The van der Waals surface area contributed by atoms with Crippen molar-refractivity contribution in [3.8, 4) is 17.2 Å². The van der Waals surface area contributed by atoms with Crippen LogP contribution in [0.3, 0.4) is 0 Å². The minimum Gasteiger partial charge on any atom is -0.508 e. The maximum Gasteiger partial charge on any atom is 0.240 e. The molecule has 13 heteroatoms. The SMILES string of the molecule is COc1ccc(S(=O)(=O)NCCc2c(C(c3ccc(O)cc3)c3[nH]c4ccccc4c3CCNS(=O)(=O)c3ccc(OC)cc3)[nH]c3ccccc23)cc1. The summed E-state index contributed by atoms with van der Waals surface area (Å²) in [4.78, 5) is 7.58. The minimum absolute atomic E-state index is 0.118. The minimum atomic E-state index is -3.82. The summed E-state index contributed by atoms with van der Waals surface area (Å²) in [6.07, 6.45) is 0.723. The Balaban J connectivity index is 1.27. The fourth-order valence-electron chi connectivity index (χ4n) is 6.91. The van der Waals surface area contributed by atoms with Crippen molar-refractivity contribution in [2.24, 2.45) is 0 Å². The number of hydrogen-bond donors (Lipinski definition) is 5. The van der Waals surface area contributed by atoms with Gasteiger partial charge in [-0.15, -0.1) is 0 Å². The van der Waals surface area contributed by atoms with Crippen LogP contribution in [0.4, 0.5) is 0 Å². The molecule has 0 aliphatic heterocycles. The monoisotopic (exact) mass is 764 g/mol. The molecule has 0 aliphatic carbocycles. The zero-order valence-electron chi connectivity index (χ0n) is 29.7. The number of aromatic nitrogens is 2. The molecule has 0 fully saturated rings. The summed E-state index contributed by atoms with van der Waals surface area (Å²) in [5.74, 6) is 0.797. The van der Waals surface area contributed by atoms with E-state index in [1.54, 1.807) is 36.4 Å². The van der Waals surface area contributed by atoms with E-state index in [1.807, 2.05) is 60.7 Å². The molecule has 0 atom stereocenters. The average Bonchev–Trinajstić information content (AvgIpc) is 3.73. The molecule has 0 unspecified atom stereocenters. The summed E-state index contributed by atoms with van der Waals surface area (Å²) in [7, 11) is -4.58. The Morgan fingerprint density at radius 1 is 0.574 bits per heavy atom. The van der Waals surface area contributed by atoms with Crippen molar-refractivity contribution in [2.45, 2.75) is 28.6 Å². The van der Waals surface area contributed by atoms with Gasteiger partial charge in [-0.3, -0.25) is 0 Å². The number of phenolic OH excluding ortho intramolecular Hbond substituents is 1. The Labute approximate surface area is 314 Å². The van der Waals surface area contributed by atoms with Crippen molar-refractivity contribution in [3.63, 3.8) is 0 Å². The van der Waals surface area contributed by atoms with Crippen LogP contribution >= 0.6 is 0 Å². The molecule has 5 N–H and O–H groups in total. The van der Waals surface area contributed by atoms with Gasteiger partial charge >= 0.3 is 0 Å². The molecule has 7 rings (SSSR count). The number of para-hydroxylation sites is 2. The summed E-state index contributed by atoms with van der Waals surface area (Å²) in [5.41, 5.74) is 6.17. The van der Waals surface area contributed by atoms with E-state index in [2.05, 4.69) is 19.4 Å². The van der Waals surface area contributed by atoms with Crippen molar-refractivity contribution in [2.75, 3.05) is 27.3 Å². The first-order chi connectivity index (χ1) is 26.1. The van der Waals surface area contributed by atoms with Crippen LogP contribution in [0.5, 0.6) is 17.2 Å². The number of phenols is 1. The molecule has 0 aliphatic rings. The first-order valence-electron chi connectivity index (χ1n) is 17.3. The highest BCUT2D eigenvalue weighted by atomic mass is 32.2. The van der Waals surface area contributed by atoms with E-state index in [1.165, 1.54) is 38.5 Å². The molecule has 278 valence electrons. The van der Waals surface area contributed by atoms with E-state index in [-0.39, 0.29) is 28.6 Å². The lowest BCUT2D eigenvalue weighted by Gasteiger charge is -2.21. The molecule has 0 saturated carbocycles. The second-order valence-electron chi connectivity index (χ2n) is 12.8. The van der Waals surface area contributed by atoms with Crippen LogP contribution in [0.2, 0.25) is 0 Å². The maximum absolute atomic E-state index is 13.3. The van der Waals surface area contributed by atoms with Gasteiger partial charge in [0.15, 0.2) is 0 Å². The third kappa shape index (κ3) is 7.57. The Hall–Kier alpha value is -5.60. The smallest absolute Gasteiger partial charge is 0.240 e. The van der Waals surface area contributed by atoms with Crippen molar-refractivity contribution >= 4 is 41.9 Å². The zero-order valence-corrected chi connectivity index (χ0v) is 31.3. The Bertz CT molecular complexity index is 2460. The molecule has 11 nitrogen and oxygen atoms in total. The molecule has 2 aromatic heterocycles. The Kier molecular flexibility index (Phi) is 10.5. The van der Waals surface area contributed by atoms with E-state index in [0.717, 1.165) is 49.9 Å². The van der Waals surface area contributed by atoms with Gasteiger partial charge in [-0.05, 0) is 102 Å². The lowest BCUT2D eigenvalue weighted by atomic mass is 9.86. The topological polar surface area (TPSA) is 163 Å². The summed E-state index contributed by atoms with van der Waals surface area (Å²) in [6, 6.07) is 35.2. The van der Waals surface area contributed by atoms with Crippen molar-refractivity contribution in [1.29, 1.82) is 0 Å². The normalized spacial score (nSPS) is 12.1. The quantitative estimate of drug-likeness (QED) is 0.0787. The highest BCUT2D eigenvalue weighted by molar-refractivity contribution is 7.89. The van der Waals surface area contributed by atoms with Crippen LogP contribution in [0.25, 0.3) is 21.8 Å². The summed E-state index contributed by atoms with van der Waals surface area (Å²) >= 11 is 0. The van der Waals surface area contributed by atoms with E-state index >= 15 is 0 Å². The summed E-state index contributed by atoms with van der Waals surface area (Å²) in [5, 5.41) is 12.2. The van der Waals surface area contributed by atoms with Gasteiger partial charge < -0.3 is 24.5 Å². The zero-order chi connectivity index (χ0) is 37.9. The number of benzene rings is 5. The number of ether oxygens (including phenoxy) is 2. The second-order valence-corrected chi connectivity index (χ2v) is 16.3. The molecule has 5 aromatic carbocycles. The first-order valence-corrected chi connectivity index (χ1v) is 20.3. The van der Waals surface area contributed by atoms with E-state index in [0.29, 0.717) is 24.3 Å². The Morgan fingerprint density at radius 3 is 1.39 bits per heavy atom. The number of fused-ring (bicyclic) bond motifs is 2. The molecule has 0 bridgehead atoms. The first kappa shape index (κ1) is 36.7. The van der Waals surface area contributed by atoms with Crippen LogP contribution in [0.15, 0.2) is 131 Å². The molecular formula is C41H40N4O7S2. The molecule has 7 aromatic rings. The van der Waals surface area contributed by atoms with Gasteiger partial charge in [-0.1, -0.05) is 48.5 Å². The number of methoxy groups -OCH3 is 2. The number of rotatable bonds is 15.